The summed E-state index contributed by atoms with van der Waals surface area (Å²) in [6, 6.07) is 10.9. The number of aryl methyl sites for hydroxylation is 3. The van der Waals surface area contributed by atoms with Crippen molar-refractivity contribution in [2.45, 2.75) is 32.6 Å². The smallest absolute Gasteiger partial charge is 0.338 e. The molecule has 0 bridgehead atoms. The lowest BCUT2D eigenvalue weighted by Crippen LogP contribution is -2.35. The lowest BCUT2D eigenvalue weighted by atomic mass is 9.95. The number of halogens is 1. The maximum absolute atomic E-state index is 12.4. The summed E-state index contributed by atoms with van der Waals surface area (Å²) in [5.41, 5.74) is 5.49. The number of benzene rings is 2. The number of aromatic nitrogens is 1. The molecule has 1 heterocycles. The van der Waals surface area contributed by atoms with E-state index < -0.39 is 18.5 Å². The van der Waals surface area contributed by atoms with Crippen LogP contribution in [0.15, 0.2) is 40.9 Å². The molecule has 0 unspecified atom stereocenters. The van der Waals surface area contributed by atoms with Crippen LogP contribution in [0.4, 0.5) is 5.69 Å². The number of aromatic amines is 1. The standard InChI is InChI=1S/C24H24BrN3O4/c1-14-10-16(25)7-9-19(14)28-22(29)12-26-23(30)13-32-24(31)15-6-8-21-18(11-15)17-4-2-3-5-20(17)27-21/h6-11,27H,2-5,12-13H2,1H3,(H,26,30)(H,28,29). The van der Waals surface area contributed by atoms with E-state index in [1.807, 2.05) is 31.2 Å². The second-order valence-electron chi connectivity index (χ2n) is 7.91. The summed E-state index contributed by atoms with van der Waals surface area (Å²) >= 11 is 3.37. The van der Waals surface area contributed by atoms with Gasteiger partial charge in [-0.05, 0) is 80.1 Å². The lowest BCUT2D eigenvalue weighted by Gasteiger charge is -2.11. The minimum atomic E-state index is -0.567. The molecule has 0 radical (unpaired) electrons. The maximum atomic E-state index is 12.4. The van der Waals surface area contributed by atoms with Crippen LogP contribution in [0.25, 0.3) is 10.9 Å². The van der Waals surface area contributed by atoms with E-state index in [1.165, 1.54) is 17.7 Å². The zero-order valence-electron chi connectivity index (χ0n) is 17.7. The third-order valence-electron chi connectivity index (χ3n) is 5.58. The van der Waals surface area contributed by atoms with Crippen LogP contribution in [0.3, 0.4) is 0 Å². The third kappa shape index (κ3) is 5.02. The average molecular weight is 498 g/mol. The SMILES string of the molecule is Cc1cc(Br)ccc1NC(=O)CNC(=O)COC(=O)c1ccc2[nH]c3c(c2c1)CCCC3. The molecule has 7 nitrogen and oxygen atoms in total. The fraction of sp³-hybridized carbons (Fsp3) is 0.292. The first-order valence-corrected chi connectivity index (χ1v) is 11.3. The highest BCUT2D eigenvalue weighted by atomic mass is 79.9. The van der Waals surface area contributed by atoms with Gasteiger partial charge in [0.1, 0.15) is 0 Å². The lowest BCUT2D eigenvalue weighted by molar-refractivity contribution is -0.126. The van der Waals surface area contributed by atoms with Gasteiger partial charge in [0.15, 0.2) is 6.61 Å². The molecule has 0 aliphatic heterocycles. The Kier molecular flexibility index (Phi) is 6.60. The van der Waals surface area contributed by atoms with E-state index in [-0.39, 0.29) is 12.5 Å². The first-order chi connectivity index (χ1) is 15.4. The molecule has 0 atom stereocenters. The first-order valence-electron chi connectivity index (χ1n) is 10.5. The Morgan fingerprint density at radius 3 is 2.69 bits per heavy atom. The first kappa shape index (κ1) is 22.1. The Bertz CT molecular complexity index is 1200. The Hall–Kier alpha value is -3.13. The van der Waals surface area contributed by atoms with Gasteiger partial charge in [-0.25, -0.2) is 4.79 Å². The van der Waals surface area contributed by atoms with Gasteiger partial charge in [0.25, 0.3) is 5.91 Å². The molecule has 8 heteroatoms. The molecule has 1 aromatic heterocycles. The van der Waals surface area contributed by atoms with E-state index in [0.717, 1.165) is 40.2 Å². The summed E-state index contributed by atoms with van der Waals surface area (Å²) in [6.45, 7) is 1.21. The van der Waals surface area contributed by atoms with E-state index >= 15 is 0 Å². The van der Waals surface area contributed by atoms with Gasteiger partial charge in [-0.2, -0.15) is 0 Å². The molecule has 3 aromatic rings. The quantitative estimate of drug-likeness (QED) is 0.447. The Balaban J connectivity index is 1.28. The van der Waals surface area contributed by atoms with Crippen LogP contribution in [0.1, 0.15) is 40.0 Å². The van der Waals surface area contributed by atoms with Crippen LogP contribution >= 0.6 is 15.9 Å². The second kappa shape index (κ2) is 9.56. The highest BCUT2D eigenvalue weighted by Gasteiger charge is 2.18. The molecule has 0 saturated heterocycles. The number of amides is 2. The molecule has 0 spiro atoms. The zero-order chi connectivity index (χ0) is 22.7. The molecule has 1 aliphatic carbocycles. The number of hydrogen-bond acceptors (Lipinski definition) is 4. The molecule has 0 saturated carbocycles. The van der Waals surface area contributed by atoms with Crippen LogP contribution in [0, 0.1) is 6.92 Å². The molecular formula is C24H24BrN3O4. The monoisotopic (exact) mass is 497 g/mol. The van der Waals surface area contributed by atoms with Crippen molar-refractivity contribution in [3.63, 3.8) is 0 Å². The normalized spacial score (nSPS) is 12.8. The fourth-order valence-corrected chi connectivity index (χ4v) is 4.41. The van der Waals surface area contributed by atoms with Crippen LogP contribution in [0.5, 0.6) is 0 Å². The minimum absolute atomic E-state index is 0.215. The molecule has 32 heavy (non-hydrogen) atoms. The average Bonchev–Trinajstić information content (AvgIpc) is 3.16. The molecule has 2 amide bonds. The van der Waals surface area contributed by atoms with Gasteiger partial charge in [0, 0.05) is 26.8 Å². The Labute approximate surface area is 194 Å². The predicted octanol–water partition coefficient (Wildman–Crippen LogP) is 4.03. The molecule has 0 fully saturated rings. The summed E-state index contributed by atoms with van der Waals surface area (Å²) in [7, 11) is 0. The Morgan fingerprint density at radius 1 is 1.06 bits per heavy atom. The number of anilines is 1. The van der Waals surface area contributed by atoms with Gasteiger partial charge in [-0.1, -0.05) is 15.9 Å². The fourth-order valence-electron chi connectivity index (χ4n) is 3.94. The third-order valence-corrected chi connectivity index (χ3v) is 6.07. The van der Waals surface area contributed by atoms with E-state index in [2.05, 4.69) is 31.5 Å². The van der Waals surface area contributed by atoms with Crippen molar-refractivity contribution in [3.05, 3.63) is 63.3 Å². The molecule has 3 N–H and O–H groups in total. The van der Waals surface area contributed by atoms with Crippen molar-refractivity contribution >= 4 is 50.3 Å². The van der Waals surface area contributed by atoms with Gasteiger partial charge in [-0.15, -0.1) is 0 Å². The summed E-state index contributed by atoms with van der Waals surface area (Å²) in [5, 5.41) is 6.24. The zero-order valence-corrected chi connectivity index (χ0v) is 19.3. The van der Waals surface area contributed by atoms with Crippen LogP contribution in [-0.4, -0.2) is 35.9 Å². The van der Waals surface area contributed by atoms with Crippen LogP contribution < -0.4 is 10.6 Å². The maximum Gasteiger partial charge on any atom is 0.338 e. The molecule has 2 aromatic carbocycles. The van der Waals surface area contributed by atoms with E-state index in [1.54, 1.807) is 12.1 Å². The number of hydrogen-bond donors (Lipinski definition) is 3. The van der Waals surface area contributed by atoms with Gasteiger partial charge in [0.05, 0.1) is 12.1 Å². The van der Waals surface area contributed by atoms with Crippen LogP contribution in [0.2, 0.25) is 0 Å². The largest absolute Gasteiger partial charge is 0.452 e. The second-order valence-corrected chi connectivity index (χ2v) is 8.83. The van der Waals surface area contributed by atoms with Gasteiger partial charge < -0.3 is 20.4 Å². The number of H-pyrrole nitrogens is 1. The van der Waals surface area contributed by atoms with Crippen molar-refractivity contribution in [2.75, 3.05) is 18.5 Å². The number of carbonyl (C=O) groups is 3. The van der Waals surface area contributed by atoms with Crippen molar-refractivity contribution in [1.82, 2.24) is 10.3 Å². The summed E-state index contributed by atoms with van der Waals surface area (Å²) < 4.78 is 6.06. The van der Waals surface area contributed by atoms with Gasteiger partial charge >= 0.3 is 5.97 Å². The van der Waals surface area contributed by atoms with Gasteiger partial charge in [-0.3, -0.25) is 9.59 Å². The highest BCUT2D eigenvalue weighted by Crippen LogP contribution is 2.29. The van der Waals surface area contributed by atoms with Crippen LogP contribution in [-0.2, 0) is 27.2 Å². The number of esters is 1. The molecular weight excluding hydrogens is 474 g/mol. The number of carbonyl (C=O) groups excluding carboxylic acids is 3. The Morgan fingerprint density at radius 2 is 1.88 bits per heavy atom. The van der Waals surface area contributed by atoms with Crippen molar-refractivity contribution in [2.24, 2.45) is 0 Å². The number of ether oxygens (including phenoxy) is 1. The van der Waals surface area contributed by atoms with Crippen molar-refractivity contribution < 1.29 is 19.1 Å². The summed E-state index contributed by atoms with van der Waals surface area (Å²) in [5.74, 6) is -1.47. The minimum Gasteiger partial charge on any atom is -0.452 e. The number of nitrogens with one attached hydrogen (secondary N) is 3. The predicted molar refractivity (Wildman–Crippen MR) is 126 cm³/mol. The number of fused-ring (bicyclic) bond motifs is 3. The topological polar surface area (TPSA) is 100 Å². The highest BCUT2D eigenvalue weighted by molar-refractivity contribution is 9.10. The van der Waals surface area contributed by atoms with Crippen molar-refractivity contribution in [1.29, 1.82) is 0 Å². The van der Waals surface area contributed by atoms with E-state index in [4.69, 9.17) is 4.74 Å². The van der Waals surface area contributed by atoms with E-state index in [0.29, 0.717) is 11.3 Å². The summed E-state index contributed by atoms with van der Waals surface area (Å²) in [4.78, 5) is 40.0. The molecule has 4 rings (SSSR count). The van der Waals surface area contributed by atoms with Gasteiger partial charge in [0.2, 0.25) is 5.91 Å². The summed E-state index contributed by atoms with van der Waals surface area (Å²) in [6.07, 6.45) is 4.34. The molecule has 166 valence electrons. The molecule has 1 aliphatic rings. The van der Waals surface area contributed by atoms with E-state index in [9.17, 15) is 14.4 Å². The number of rotatable bonds is 6. The van der Waals surface area contributed by atoms with Crippen molar-refractivity contribution in [3.8, 4) is 0 Å².